The zero-order valence-corrected chi connectivity index (χ0v) is 17.6. The van der Waals surface area contributed by atoms with Crippen molar-refractivity contribution in [3.05, 3.63) is 82.4 Å². The minimum Gasteiger partial charge on any atom is -0.344 e. The summed E-state index contributed by atoms with van der Waals surface area (Å²) in [5, 5.41) is 6.51. The highest BCUT2D eigenvalue weighted by atomic mass is 16.2. The summed E-state index contributed by atoms with van der Waals surface area (Å²) in [6.07, 6.45) is 4.80. The van der Waals surface area contributed by atoms with Crippen molar-refractivity contribution in [1.82, 2.24) is 20.3 Å². The van der Waals surface area contributed by atoms with E-state index >= 15 is 0 Å². The van der Waals surface area contributed by atoms with Crippen molar-refractivity contribution < 1.29 is 9.59 Å². The second kappa shape index (κ2) is 9.17. The second-order valence-electron chi connectivity index (χ2n) is 7.19. The van der Waals surface area contributed by atoms with Crippen LogP contribution in [0.1, 0.15) is 33.6 Å². The molecule has 3 rings (SSSR count). The molecule has 0 saturated heterocycles. The van der Waals surface area contributed by atoms with Crippen LogP contribution in [-0.2, 0) is 16.1 Å². The summed E-state index contributed by atoms with van der Waals surface area (Å²) in [6.45, 7) is 8.41. The van der Waals surface area contributed by atoms with E-state index in [1.54, 1.807) is 30.7 Å². The molecule has 1 aromatic carbocycles. The van der Waals surface area contributed by atoms with Gasteiger partial charge in [0.1, 0.15) is 0 Å². The van der Waals surface area contributed by atoms with Gasteiger partial charge < -0.3 is 9.88 Å². The van der Waals surface area contributed by atoms with Gasteiger partial charge in [-0.05, 0) is 68.7 Å². The number of aromatic nitrogens is 2. The summed E-state index contributed by atoms with van der Waals surface area (Å²) < 4.78 is 2.16. The average Bonchev–Trinajstić information content (AvgIpc) is 3.01. The number of carbonyl (C=O) groups excluding carboxylic acids is 2. The molecule has 2 amide bonds. The molecule has 0 saturated carbocycles. The Morgan fingerprint density at radius 3 is 2.50 bits per heavy atom. The minimum absolute atomic E-state index is 0.246. The van der Waals surface area contributed by atoms with Gasteiger partial charge in [0, 0.05) is 41.6 Å². The number of nitrogens with one attached hydrogen (secondary N) is 2. The van der Waals surface area contributed by atoms with Crippen LogP contribution in [0, 0.1) is 27.7 Å². The fourth-order valence-electron chi connectivity index (χ4n) is 3.22. The van der Waals surface area contributed by atoms with Gasteiger partial charge in [0.2, 0.25) is 0 Å². The van der Waals surface area contributed by atoms with Crippen molar-refractivity contribution in [3.8, 4) is 5.69 Å². The molecule has 0 unspecified atom stereocenters. The maximum absolute atomic E-state index is 12.0. The molecule has 0 fully saturated rings. The molecular formula is C23H25N5O2. The molecule has 2 N–H and O–H groups in total. The molecule has 154 valence electrons. The number of pyridine rings is 1. The number of rotatable bonds is 5. The van der Waals surface area contributed by atoms with E-state index < -0.39 is 11.8 Å². The number of benzene rings is 1. The summed E-state index contributed by atoms with van der Waals surface area (Å²) in [4.78, 5) is 27.8. The first-order valence-corrected chi connectivity index (χ1v) is 9.63. The smallest absolute Gasteiger partial charge is 0.329 e. The van der Waals surface area contributed by atoms with Crippen LogP contribution in [-0.4, -0.2) is 27.6 Å². The summed E-state index contributed by atoms with van der Waals surface area (Å²) in [6, 6.07) is 11.9. The topological polar surface area (TPSA) is 88.4 Å². The monoisotopic (exact) mass is 403 g/mol. The van der Waals surface area contributed by atoms with E-state index in [2.05, 4.69) is 57.4 Å². The van der Waals surface area contributed by atoms with Crippen molar-refractivity contribution in [2.75, 3.05) is 0 Å². The number of amides is 2. The lowest BCUT2D eigenvalue weighted by Gasteiger charge is -2.13. The van der Waals surface area contributed by atoms with Gasteiger partial charge in [-0.25, -0.2) is 5.43 Å². The number of hydrogen-bond acceptors (Lipinski definition) is 4. The highest BCUT2D eigenvalue weighted by molar-refractivity contribution is 6.35. The SMILES string of the molecule is Cc1ccc(C)c(-n2c(C)cc(/C=N\NC(=O)C(=O)NCc3ccncc3)c2C)c1. The van der Waals surface area contributed by atoms with Gasteiger partial charge in [-0.3, -0.25) is 14.6 Å². The normalized spacial score (nSPS) is 10.9. The fraction of sp³-hybridized carbons (Fsp3) is 0.217. The van der Waals surface area contributed by atoms with Crippen molar-refractivity contribution in [3.63, 3.8) is 0 Å². The van der Waals surface area contributed by atoms with Crippen LogP contribution in [0.3, 0.4) is 0 Å². The molecule has 30 heavy (non-hydrogen) atoms. The number of hydrazone groups is 1. The maximum atomic E-state index is 12.0. The van der Waals surface area contributed by atoms with Crippen LogP contribution < -0.4 is 10.7 Å². The zero-order chi connectivity index (χ0) is 21.7. The number of aryl methyl sites for hydroxylation is 3. The largest absolute Gasteiger partial charge is 0.344 e. The molecule has 0 aliphatic carbocycles. The number of carbonyl (C=O) groups is 2. The van der Waals surface area contributed by atoms with Gasteiger partial charge >= 0.3 is 11.8 Å². The summed E-state index contributed by atoms with van der Waals surface area (Å²) in [5.41, 5.74) is 9.53. The number of nitrogens with zero attached hydrogens (tertiary/aromatic N) is 3. The Labute approximate surface area is 175 Å². The zero-order valence-electron chi connectivity index (χ0n) is 17.6. The highest BCUT2D eigenvalue weighted by Gasteiger charge is 2.13. The molecular weight excluding hydrogens is 378 g/mol. The molecule has 2 heterocycles. The third-order valence-corrected chi connectivity index (χ3v) is 4.85. The molecule has 0 bridgehead atoms. The Morgan fingerprint density at radius 2 is 1.77 bits per heavy atom. The third kappa shape index (κ3) is 4.81. The molecule has 0 spiro atoms. The molecule has 0 radical (unpaired) electrons. The molecule has 2 aromatic heterocycles. The van der Waals surface area contributed by atoms with Crippen LogP contribution in [0.5, 0.6) is 0 Å². The van der Waals surface area contributed by atoms with E-state index in [1.165, 1.54) is 11.1 Å². The summed E-state index contributed by atoms with van der Waals surface area (Å²) in [7, 11) is 0. The Balaban J connectivity index is 1.66. The summed E-state index contributed by atoms with van der Waals surface area (Å²) in [5.74, 6) is -1.56. The molecule has 0 aliphatic rings. The lowest BCUT2D eigenvalue weighted by atomic mass is 10.1. The molecule has 7 heteroatoms. The second-order valence-corrected chi connectivity index (χ2v) is 7.19. The predicted molar refractivity (Wildman–Crippen MR) is 117 cm³/mol. The lowest BCUT2D eigenvalue weighted by Crippen LogP contribution is -2.37. The van der Waals surface area contributed by atoms with Gasteiger partial charge in [0.15, 0.2) is 0 Å². The summed E-state index contributed by atoms with van der Waals surface area (Å²) >= 11 is 0. The van der Waals surface area contributed by atoms with E-state index in [-0.39, 0.29) is 6.54 Å². The van der Waals surface area contributed by atoms with Gasteiger partial charge in [-0.1, -0.05) is 12.1 Å². The third-order valence-electron chi connectivity index (χ3n) is 4.85. The Kier molecular flexibility index (Phi) is 6.41. The maximum Gasteiger partial charge on any atom is 0.329 e. The predicted octanol–water partition coefficient (Wildman–Crippen LogP) is 2.87. The molecule has 0 aliphatic heterocycles. The van der Waals surface area contributed by atoms with Crippen molar-refractivity contribution >= 4 is 18.0 Å². The Morgan fingerprint density at radius 1 is 1.03 bits per heavy atom. The van der Waals surface area contributed by atoms with E-state index in [0.717, 1.165) is 28.2 Å². The van der Waals surface area contributed by atoms with Gasteiger partial charge in [-0.15, -0.1) is 0 Å². The highest BCUT2D eigenvalue weighted by Crippen LogP contribution is 2.23. The van der Waals surface area contributed by atoms with Crippen LogP contribution in [0.2, 0.25) is 0 Å². The van der Waals surface area contributed by atoms with Gasteiger partial charge in [0.25, 0.3) is 0 Å². The van der Waals surface area contributed by atoms with Gasteiger partial charge in [-0.2, -0.15) is 5.10 Å². The minimum atomic E-state index is -0.816. The van der Waals surface area contributed by atoms with Crippen LogP contribution >= 0.6 is 0 Å². The Hall–Kier alpha value is -3.74. The average molecular weight is 403 g/mol. The number of hydrogen-bond donors (Lipinski definition) is 2. The first-order valence-electron chi connectivity index (χ1n) is 9.63. The van der Waals surface area contributed by atoms with Crippen LogP contribution in [0.4, 0.5) is 0 Å². The van der Waals surface area contributed by atoms with Crippen molar-refractivity contribution in [2.24, 2.45) is 5.10 Å². The van der Waals surface area contributed by atoms with E-state index in [1.807, 2.05) is 19.9 Å². The van der Waals surface area contributed by atoms with E-state index in [9.17, 15) is 9.59 Å². The molecule has 3 aromatic rings. The molecule has 0 atom stereocenters. The lowest BCUT2D eigenvalue weighted by molar-refractivity contribution is -0.139. The van der Waals surface area contributed by atoms with Crippen LogP contribution in [0.25, 0.3) is 5.69 Å². The van der Waals surface area contributed by atoms with Gasteiger partial charge in [0.05, 0.1) is 6.21 Å². The first-order chi connectivity index (χ1) is 14.4. The van der Waals surface area contributed by atoms with E-state index in [0.29, 0.717) is 0 Å². The fourth-order valence-corrected chi connectivity index (χ4v) is 3.22. The molecule has 7 nitrogen and oxygen atoms in total. The van der Waals surface area contributed by atoms with E-state index in [4.69, 9.17) is 0 Å². The van der Waals surface area contributed by atoms with Crippen LogP contribution in [0.15, 0.2) is 53.9 Å². The quantitative estimate of drug-likeness (QED) is 0.390. The van der Waals surface area contributed by atoms with Crippen molar-refractivity contribution in [2.45, 2.75) is 34.2 Å². The standard InChI is InChI=1S/C23H25N5O2/c1-15-5-6-16(2)21(11-15)28-17(3)12-20(18(28)4)14-26-27-23(30)22(29)25-13-19-7-9-24-10-8-19/h5-12,14H,13H2,1-4H3,(H,25,29)(H,27,30)/b26-14-. The van der Waals surface area contributed by atoms with Crippen molar-refractivity contribution in [1.29, 1.82) is 0 Å². The Bertz CT molecular complexity index is 1100. The first kappa shape index (κ1) is 21.0.